The van der Waals surface area contributed by atoms with Crippen molar-refractivity contribution >= 4 is 10.0 Å². The number of nitrogens with one attached hydrogen (secondary N) is 1. The van der Waals surface area contributed by atoms with E-state index in [1.165, 1.54) is 25.3 Å². The first-order chi connectivity index (χ1) is 13.0. The van der Waals surface area contributed by atoms with Crippen LogP contribution in [-0.4, -0.2) is 28.5 Å². The second kappa shape index (κ2) is 8.61. The molecule has 0 spiro atoms. The highest BCUT2D eigenvalue weighted by Crippen LogP contribution is 2.30. The maximum absolute atomic E-state index is 12.3. The highest BCUT2D eigenvalue weighted by atomic mass is 32.2. The first-order valence-electron chi connectivity index (χ1n) is 7.47. The van der Waals surface area contributed by atoms with Gasteiger partial charge in [0.2, 0.25) is 10.0 Å². The van der Waals surface area contributed by atoms with Gasteiger partial charge in [0, 0.05) is 12.6 Å². The highest BCUT2D eigenvalue weighted by molar-refractivity contribution is 7.89. The summed E-state index contributed by atoms with van der Waals surface area (Å²) < 4.78 is 101. The second-order valence-corrected chi connectivity index (χ2v) is 6.98. The molecule has 28 heavy (non-hydrogen) atoms. The number of rotatable bonds is 8. The lowest BCUT2D eigenvalue weighted by molar-refractivity contribution is -0.274. The Balaban J connectivity index is 2.14. The summed E-state index contributed by atoms with van der Waals surface area (Å²) in [6, 6.07) is 7.64. The van der Waals surface area contributed by atoms with E-state index in [4.69, 9.17) is 4.74 Å². The Bertz CT molecular complexity index is 918. The molecule has 0 aliphatic carbocycles. The van der Waals surface area contributed by atoms with E-state index in [-0.39, 0.29) is 18.0 Å². The number of alkyl halides is 5. The third-order valence-electron chi connectivity index (χ3n) is 3.26. The monoisotopic (exact) mass is 427 g/mol. The maximum Gasteiger partial charge on any atom is 0.573 e. The van der Waals surface area contributed by atoms with Crippen LogP contribution in [0.2, 0.25) is 0 Å². The number of methoxy groups -OCH3 is 1. The van der Waals surface area contributed by atoms with E-state index >= 15 is 0 Å². The largest absolute Gasteiger partial charge is 0.573 e. The van der Waals surface area contributed by atoms with Crippen molar-refractivity contribution in [2.75, 3.05) is 7.11 Å². The molecule has 1 N–H and O–H groups in total. The van der Waals surface area contributed by atoms with Crippen LogP contribution in [0.4, 0.5) is 22.0 Å². The van der Waals surface area contributed by atoms with Gasteiger partial charge < -0.3 is 14.2 Å². The summed E-state index contributed by atoms with van der Waals surface area (Å²) in [7, 11) is -2.96. The summed E-state index contributed by atoms with van der Waals surface area (Å²) in [4.78, 5) is -0.445. The van der Waals surface area contributed by atoms with Crippen LogP contribution in [0.25, 0.3) is 0 Å². The number of hydrogen-bond acceptors (Lipinski definition) is 5. The van der Waals surface area contributed by atoms with Crippen LogP contribution >= 0.6 is 0 Å². The Labute approximate surface area is 156 Å². The van der Waals surface area contributed by atoms with Gasteiger partial charge >= 0.3 is 13.0 Å². The van der Waals surface area contributed by atoms with Crippen LogP contribution in [0.15, 0.2) is 47.4 Å². The molecule has 0 aliphatic rings. The van der Waals surface area contributed by atoms with Gasteiger partial charge in [-0.2, -0.15) is 8.78 Å². The van der Waals surface area contributed by atoms with E-state index in [9.17, 15) is 30.4 Å². The lowest BCUT2D eigenvalue weighted by Crippen LogP contribution is -2.23. The van der Waals surface area contributed by atoms with E-state index in [0.717, 1.165) is 24.3 Å². The minimum absolute atomic E-state index is 0.0439. The summed E-state index contributed by atoms with van der Waals surface area (Å²) in [6.45, 7) is -3.35. The van der Waals surface area contributed by atoms with E-state index in [1.807, 2.05) is 0 Å². The van der Waals surface area contributed by atoms with Gasteiger partial charge in [0.25, 0.3) is 0 Å². The summed E-state index contributed by atoms with van der Waals surface area (Å²) in [5.74, 6) is -0.968. The fourth-order valence-corrected chi connectivity index (χ4v) is 3.17. The summed E-state index contributed by atoms with van der Waals surface area (Å²) in [5, 5.41) is 0. The molecule has 2 aromatic carbocycles. The van der Waals surface area contributed by atoms with Gasteiger partial charge in [-0.15, -0.1) is 13.2 Å². The Hall–Kier alpha value is -2.60. The van der Waals surface area contributed by atoms with Crippen molar-refractivity contribution in [1.29, 1.82) is 0 Å². The van der Waals surface area contributed by atoms with Crippen molar-refractivity contribution in [2.45, 2.75) is 24.4 Å². The third kappa shape index (κ3) is 6.23. The zero-order valence-corrected chi connectivity index (χ0v) is 15.0. The van der Waals surface area contributed by atoms with E-state index in [2.05, 4.69) is 14.2 Å². The van der Waals surface area contributed by atoms with Crippen molar-refractivity contribution < 1.29 is 44.6 Å². The summed E-state index contributed by atoms with van der Waals surface area (Å²) in [5.41, 5.74) is 0.338. The molecule has 0 saturated carbocycles. The van der Waals surface area contributed by atoms with Crippen LogP contribution in [0.3, 0.4) is 0 Å². The quantitative estimate of drug-likeness (QED) is 0.651. The Morgan fingerprint density at radius 1 is 1.07 bits per heavy atom. The van der Waals surface area contributed by atoms with Gasteiger partial charge in [-0.05, 0) is 29.8 Å². The molecule has 2 aromatic rings. The molecule has 0 aromatic heterocycles. The molecule has 0 amide bonds. The molecule has 12 heteroatoms. The number of halogens is 5. The van der Waals surface area contributed by atoms with Crippen LogP contribution in [-0.2, 0) is 16.6 Å². The van der Waals surface area contributed by atoms with Crippen molar-refractivity contribution in [3.63, 3.8) is 0 Å². The van der Waals surface area contributed by atoms with Crippen molar-refractivity contribution in [2.24, 2.45) is 0 Å². The van der Waals surface area contributed by atoms with Gasteiger partial charge in [0.05, 0.1) is 12.0 Å². The fraction of sp³-hybridized carbons (Fsp3) is 0.250. The molecular weight excluding hydrogens is 413 g/mol. The van der Waals surface area contributed by atoms with Gasteiger partial charge in [0.15, 0.2) is 11.5 Å². The molecule has 0 heterocycles. The standard InChI is InChI=1S/C16H14F5NO5S/c1-25-14-7-10(5-6-13(14)26-15(17)18)9-22-28(23,24)12-4-2-3-11(8-12)27-16(19,20)21/h2-8,15,22H,9H2,1H3. The van der Waals surface area contributed by atoms with Gasteiger partial charge in [0.1, 0.15) is 5.75 Å². The van der Waals surface area contributed by atoms with Gasteiger partial charge in [-0.3, -0.25) is 0 Å². The fourth-order valence-electron chi connectivity index (χ4n) is 2.12. The molecule has 0 unspecified atom stereocenters. The number of hydrogen-bond donors (Lipinski definition) is 1. The molecule has 6 nitrogen and oxygen atoms in total. The summed E-state index contributed by atoms with van der Waals surface area (Å²) in [6.07, 6.45) is -4.96. The van der Waals surface area contributed by atoms with E-state index < -0.39 is 33.6 Å². The Kier molecular flexibility index (Phi) is 6.67. The minimum Gasteiger partial charge on any atom is -0.493 e. The average Bonchev–Trinajstić information content (AvgIpc) is 2.59. The first-order valence-corrected chi connectivity index (χ1v) is 8.96. The van der Waals surface area contributed by atoms with Crippen molar-refractivity contribution in [3.8, 4) is 17.2 Å². The normalized spacial score (nSPS) is 12.1. The molecule has 154 valence electrons. The number of ether oxygens (including phenoxy) is 3. The lowest BCUT2D eigenvalue weighted by atomic mass is 10.2. The molecule has 0 atom stereocenters. The van der Waals surface area contributed by atoms with E-state index in [1.54, 1.807) is 0 Å². The Morgan fingerprint density at radius 3 is 2.39 bits per heavy atom. The molecule has 0 radical (unpaired) electrons. The number of benzene rings is 2. The van der Waals surface area contributed by atoms with Crippen molar-refractivity contribution in [1.82, 2.24) is 4.72 Å². The van der Waals surface area contributed by atoms with Gasteiger partial charge in [-0.25, -0.2) is 13.1 Å². The van der Waals surface area contributed by atoms with Crippen molar-refractivity contribution in [3.05, 3.63) is 48.0 Å². The second-order valence-electron chi connectivity index (χ2n) is 5.21. The van der Waals surface area contributed by atoms with Crippen LogP contribution in [0.5, 0.6) is 17.2 Å². The molecule has 2 rings (SSSR count). The number of sulfonamides is 1. The first kappa shape index (κ1) is 21.7. The van der Waals surface area contributed by atoms with Crippen LogP contribution in [0.1, 0.15) is 5.56 Å². The third-order valence-corrected chi connectivity index (χ3v) is 4.66. The molecular formula is C16H14F5NO5S. The van der Waals surface area contributed by atoms with Crippen LogP contribution < -0.4 is 18.9 Å². The average molecular weight is 427 g/mol. The minimum atomic E-state index is -4.96. The zero-order valence-electron chi connectivity index (χ0n) is 14.2. The van der Waals surface area contributed by atoms with E-state index in [0.29, 0.717) is 5.56 Å². The Morgan fingerprint density at radius 2 is 1.79 bits per heavy atom. The predicted octanol–water partition coefficient (Wildman–Crippen LogP) is 3.67. The summed E-state index contributed by atoms with van der Waals surface area (Å²) >= 11 is 0. The predicted molar refractivity (Wildman–Crippen MR) is 86.8 cm³/mol. The van der Waals surface area contributed by atoms with Gasteiger partial charge in [-0.1, -0.05) is 12.1 Å². The molecule has 0 fully saturated rings. The zero-order chi connectivity index (χ0) is 20.9. The topological polar surface area (TPSA) is 73.9 Å². The molecule has 0 bridgehead atoms. The lowest BCUT2D eigenvalue weighted by Gasteiger charge is -2.13. The molecule has 0 aliphatic heterocycles. The van der Waals surface area contributed by atoms with Crippen LogP contribution in [0, 0.1) is 0 Å². The molecule has 0 saturated heterocycles. The smallest absolute Gasteiger partial charge is 0.493 e. The SMILES string of the molecule is COc1cc(CNS(=O)(=O)c2cccc(OC(F)(F)F)c2)ccc1OC(F)F. The maximum atomic E-state index is 12.3. The highest BCUT2D eigenvalue weighted by Gasteiger charge is 2.31.